The summed E-state index contributed by atoms with van der Waals surface area (Å²) in [4.78, 5) is 25.4. The second kappa shape index (κ2) is 4.23. The van der Waals surface area contributed by atoms with Gasteiger partial charge in [-0.2, -0.15) is 0 Å². The molecule has 0 aromatic carbocycles. The van der Waals surface area contributed by atoms with Crippen LogP contribution in [0.2, 0.25) is 0 Å². The van der Waals surface area contributed by atoms with E-state index in [0.717, 1.165) is 19.3 Å². The largest absolute Gasteiger partial charge is 0.480 e. The van der Waals surface area contributed by atoms with E-state index in [-0.39, 0.29) is 11.3 Å². The highest BCUT2D eigenvalue weighted by atomic mass is 16.4. The van der Waals surface area contributed by atoms with Gasteiger partial charge >= 0.3 is 5.97 Å². The Labute approximate surface area is 107 Å². The summed E-state index contributed by atoms with van der Waals surface area (Å²) in [6, 6.07) is -0.750. The number of carbonyl (C=O) groups is 2. The van der Waals surface area contributed by atoms with Crippen LogP contribution in [-0.2, 0) is 9.59 Å². The molecule has 0 aromatic rings. The maximum Gasteiger partial charge on any atom is 0.326 e. The molecule has 2 aliphatic rings. The number of piperidine rings is 1. The van der Waals surface area contributed by atoms with Crippen LogP contribution in [0.3, 0.4) is 0 Å². The second-order valence-corrected chi connectivity index (χ2v) is 6.34. The molecule has 0 aromatic heterocycles. The molecule has 0 radical (unpaired) electrons. The maximum absolute atomic E-state index is 12.4. The normalized spacial score (nSPS) is 29.5. The highest BCUT2D eigenvalue weighted by molar-refractivity contribution is 5.91. The molecule has 1 saturated heterocycles. The lowest BCUT2D eigenvalue weighted by Crippen LogP contribution is -2.66. The van der Waals surface area contributed by atoms with Crippen LogP contribution < -0.4 is 5.73 Å². The monoisotopic (exact) mass is 254 g/mol. The number of carbonyl (C=O) groups excluding carboxylic acids is 1. The van der Waals surface area contributed by atoms with Crippen LogP contribution in [0, 0.1) is 5.41 Å². The van der Waals surface area contributed by atoms with E-state index in [9.17, 15) is 14.7 Å². The zero-order valence-electron chi connectivity index (χ0n) is 11.1. The summed E-state index contributed by atoms with van der Waals surface area (Å²) < 4.78 is 0. The highest BCUT2D eigenvalue weighted by Crippen LogP contribution is 2.39. The van der Waals surface area contributed by atoms with E-state index in [2.05, 4.69) is 0 Å². The predicted octanol–water partition coefficient (Wildman–Crippen LogP) is 0.970. The number of carboxylic acid groups (broad SMARTS) is 1. The molecule has 2 fully saturated rings. The Bertz CT molecular complexity index is 374. The van der Waals surface area contributed by atoms with Gasteiger partial charge in [0, 0.05) is 6.54 Å². The van der Waals surface area contributed by atoms with Crippen LogP contribution in [0.5, 0.6) is 0 Å². The number of rotatable bonds is 2. The van der Waals surface area contributed by atoms with E-state index >= 15 is 0 Å². The molecular formula is C13H22N2O3. The molecule has 1 heterocycles. The van der Waals surface area contributed by atoms with E-state index < -0.39 is 17.6 Å². The molecule has 1 unspecified atom stereocenters. The number of nitrogens with zero attached hydrogens (tertiary/aromatic N) is 1. The number of carboxylic acids is 1. The molecule has 0 bridgehead atoms. The van der Waals surface area contributed by atoms with Gasteiger partial charge in [-0.05, 0) is 37.5 Å². The summed E-state index contributed by atoms with van der Waals surface area (Å²) in [5, 5.41) is 9.41. The highest BCUT2D eigenvalue weighted by Gasteiger charge is 2.50. The van der Waals surface area contributed by atoms with Gasteiger partial charge in [-0.1, -0.05) is 13.8 Å². The fourth-order valence-corrected chi connectivity index (χ4v) is 3.14. The summed E-state index contributed by atoms with van der Waals surface area (Å²) in [6.45, 7) is 4.34. The summed E-state index contributed by atoms with van der Waals surface area (Å²) in [6.07, 6.45) is 3.98. The molecule has 5 heteroatoms. The minimum absolute atomic E-state index is 0.172. The first-order chi connectivity index (χ1) is 8.28. The third-order valence-electron chi connectivity index (χ3n) is 4.44. The zero-order valence-corrected chi connectivity index (χ0v) is 11.1. The van der Waals surface area contributed by atoms with Gasteiger partial charge in [0.15, 0.2) is 0 Å². The van der Waals surface area contributed by atoms with Gasteiger partial charge in [0.2, 0.25) is 5.91 Å². The fourth-order valence-electron chi connectivity index (χ4n) is 3.14. The molecule has 1 amide bonds. The number of nitrogens with two attached hydrogens (primary N) is 1. The molecule has 2 rings (SSSR count). The van der Waals surface area contributed by atoms with Crippen molar-refractivity contribution in [1.82, 2.24) is 4.90 Å². The molecule has 0 spiro atoms. The van der Waals surface area contributed by atoms with E-state index in [1.54, 1.807) is 0 Å². The summed E-state index contributed by atoms with van der Waals surface area (Å²) in [7, 11) is 0. The molecule has 1 aliphatic heterocycles. The van der Waals surface area contributed by atoms with Crippen LogP contribution in [-0.4, -0.2) is 40.0 Å². The van der Waals surface area contributed by atoms with Crippen molar-refractivity contribution >= 4 is 11.9 Å². The quantitative estimate of drug-likeness (QED) is 0.769. The summed E-state index contributed by atoms with van der Waals surface area (Å²) in [5.41, 5.74) is 4.85. The van der Waals surface area contributed by atoms with E-state index in [0.29, 0.717) is 19.4 Å². The number of likely N-dealkylation sites (tertiary alicyclic amines) is 1. The van der Waals surface area contributed by atoms with Crippen LogP contribution in [0.15, 0.2) is 0 Å². The molecule has 18 heavy (non-hydrogen) atoms. The average molecular weight is 254 g/mol. The maximum atomic E-state index is 12.4. The number of hydrogen-bond donors (Lipinski definition) is 2. The van der Waals surface area contributed by atoms with Crippen LogP contribution in [0.1, 0.15) is 46.0 Å². The molecule has 1 saturated carbocycles. The smallest absolute Gasteiger partial charge is 0.326 e. The summed E-state index contributed by atoms with van der Waals surface area (Å²) in [5.74, 6) is -1.09. The van der Waals surface area contributed by atoms with Crippen molar-refractivity contribution in [2.75, 3.05) is 6.54 Å². The van der Waals surface area contributed by atoms with Crippen molar-refractivity contribution < 1.29 is 14.7 Å². The molecule has 1 aliphatic carbocycles. The standard InChI is InChI=1S/C13H22N2O3/c1-12(2)5-4-8-15(9(12)10(16)17)11(18)13(14)6-3-7-13/h9H,3-8,14H2,1-2H3,(H,16,17). The Kier molecular flexibility index (Phi) is 3.13. The summed E-state index contributed by atoms with van der Waals surface area (Å²) >= 11 is 0. The first kappa shape index (κ1) is 13.3. The molecule has 102 valence electrons. The van der Waals surface area contributed by atoms with Gasteiger partial charge in [0.1, 0.15) is 6.04 Å². The Morgan fingerprint density at radius 1 is 1.22 bits per heavy atom. The third kappa shape index (κ3) is 2.00. The van der Waals surface area contributed by atoms with Crippen molar-refractivity contribution in [3.05, 3.63) is 0 Å². The van der Waals surface area contributed by atoms with Gasteiger partial charge in [-0.25, -0.2) is 4.79 Å². The van der Waals surface area contributed by atoms with E-state index in [1.165, 1.54) is 4.90 Å². The van der Waals surface area contributed by atoms with Crippen LogP contribution in [0.25, 0.3) is 0 Å². The fraction of sp³-hybridized carbons (Fsp3) is 0.846. The van der Waals surface area contributed by atoms with Crippen molar-refractivity contribution in [3.8, 4) is 0 Å². The third-order valence-corrected chi connectivity index (χ3v) is 4.44. The first-order valence-electron chi connectivity index (χ1n) is 6.61. The van der Waals surface area contributed by atoms with Gasteiger partial charge in [-0.3, -0.25) is 4.79 Å². The van der Waals surface area contributed by atoms with Gasteiger partial charge in [0.25, 0.3) is 0 Å². The lowest BCUT2D eigenvalue weighted by atomic mass is 9.72. The SMILES string of the molecule is CC1(C)CCCN(C(=O)C2(N)CCC2)C1C(=O)O. The van der Waals surface area contributed by atoms with E-state index in [4.69, 9.17) is 5.73 Å². The molecule has 3 N–H and O–H groups in total. The van der Waals surface area contributed by atoms with E-state index in [1.807, 2.05) is 13.8 Å². The molecule has 5 nitrogen and oxygen atoms in total. The molecular weight excluding hydrogens is 232 g/mol. The van der Waals surface area contributed by atoms with Crippen molar-refractivity contribution in [2.45, 2.75) is 57.5 Å². The van der Waals surface area contributed by atoms with Crippen LogP contribution in [0.4, 0.5) is 0 Å². The Morgan fingerprint density at radius 3 is 2.28 bits per heavy atom. The number of hydrogen-bond acceptors (Lipinski definition) is 3. The van der Waals surface area contributed by atoms with Crippen molar-refractivity contribution in [2.24, 2.45) is 11.1 Å². The number of amides is 1. The minimum atomic E-state index is -0.920. The Balaban J connectivity index is 2.24. The lowest BCUT2D eigenvalue weighted by molar-refractivity contribution is -0.163. The van der Waals surface area contributed by atoms with Crippen molar-refractivity contribution in [3.63, 3.8) is 0 Å². The van der Waals surface area contributed by atoms with Crippen LogP contribution >= 0.6 is 0 Å². The minimum Gasteiger partial charge on any atom is -0.480 e. The number of aliphatic carboxylic acids is 1. The van der Waals surface area contributed by atoms with Gasteiger partial charge in [-0.15, -0.1) is 0 Å². The topological polar surface area (TPSA) is 83.6 Å². The Morgan fingerprint density at radius 2 is 1.83 bits per heavy atom. The zero-order chi connectivity index (χ0) is 13.6. The molecule has 1 atom stereocenters. The first-order valence-corrected chi connectivity index (χ1v) is 6.61. The second-order valence-electron chi connectivity index (χ2n) is 6.34. The van der Waals surface area contributed by atoms with Gasteiger partial charge < -0.3 is 15.7 Å². The van der Waals surface area contributed by atoms with Crippen molar-refractivity contribution in [1.29, 1.82) is 0 Å². The predicted molar refractivity (Wildman–Crippen MR) is 66.9 cm³/mol. The van der Waals surface area contributed by atoms with Gasteiger partial charge in [0.05, 0.1) is 5.54 Å². The lowest BCUT2D eigenvalue weighted by Gasteiger charge is -2.48. The Hall–Kier alpha value is -1.10. The average Bonchev–Trinajstić information content (AvgIpc) is 2.22.